The van der Waals surface area contributed by atoms with Crippen molar-refractivity contribution in [1.82, 2.24) is 9.80 Å². The Morgan fingerprint density at radius 1 is 1.16 bits per heavy atom. The number of rotatable bonds is 5. The van der Waals surface area contributed by atoms with Gasteiger partial charge < -0.3 is 14.4 Å². The molecule has 1 fully saturated rings. The second kappa shape index (κ2) is 8.72. The lowest BCUT2D eigenvalue weighted by molar-refractivity contribution is 0.0142. The molecule has 0 radical (unpaired) electrons. The molecule has 0 saturated carbocycles. The van der Waals surface area contributed by atoms with E-state index in [0.717, 1.165) is 31.8 Å². The van der Waals surface area contributed by atoms with Crippen LogP contribution >= 0.6 is 0 Å². The highest BCUT2D eigenvalue weighted by Crippen LogP contribution is 2.13. The van der Waals surface area contributed by atoms with Crippen LogP contribution in [0.2, 0.25) is 0 Å². The molecule has 1 amide bonds. The van der Waals surface area contributed by atoms with E-state index in [2.05, 4.69) is 11.0 Å². The van der Waals surface area contributed by atoms with E-state index in [1.165, 1.54) is 0 Å². The summed E-state index contributed by atoms with van der Waals surface area (Å²) in [5.74, 6) is 0.786. The van der Waals surface area contributed by atoms with Gasteiger partial charge in [-0.05, 0) is 51.5 Å². The Hall–Kier alpha value is -2.26. The van der Waals surface area contributed by atoms with E-state index in [4.69, 9.17) is 14.7 Å². The topological polar surface area (TPSA) is 65.8 Å². The van der Waals surface area contributed by atoms with Crippen molar-refractivity contribution in [2.24, 2.45) is 0 Å². The first-order chi connectivity index (χ1) is 11.9. The summed E-state index contributed by atoms with van der Waals surface area (Å²) in [6.07, 6.45) is 0.697. The van der Waals surface area contributed by atoms with Crippen LogP contribution in [-0.2, 0) is 4.74 Å². The number of benzene rings is 1. The molecule has 0 aliphatic carbocycles. The van der Waals surface area contributed by atoms with Gasteiger partial charge in [0.1, 0.15) is 11.4 Å². The molecule has 6 nitrogen and oxygen atoms in total. The number of carbonyl (C=O) groups is 1. The second-order valence-electron chi connectivity index (χ2n) is 7.15. The molecule has 1 heterocycles. The molecule has 0 spiro atoms. The predicted octanol–water partition coefficient (Wildman–Crippen LogP) is 2.88. The van der Waals surface area contributed by atoms with Gasteiger partial charge in [0.25, 0.3) is 0 Å². The van der Waals surface area contributed by atoms with Gasteiger partial charge in [-0.25, -0.2) is 4.79 Å². The molecule has 0 aromatic heterocycles. The van der Waals surface area contributed by atoms with Crippen LogP contribution in [0, 0.1) is 11.3 Å². The normalized spacial score (nSPS) is 15.5. The monoisotopic (exact) mass is 345 g/mol. The van der Waals surface area contributed by atoms with E-state index in [9.17, 15) is 4.79 Å². The molecule has 2 rings (SSSR count). The second-order valence-corrected chi connectivity index (χ2v) is 7.15. The van der Waals surface area contributed by atoms with Gasteiger partial charge in [0.2, 0.25) is 0 Å². The minimum Gasteiger partial charge on any atom is -0.494 e. The number of hydrogen-bond acceptors (Lipinski definition) is 5. The highest BCUT2D eigenvalue weighted by Gasteiger charge is 2.25. The molecule has 0 atom stereocenters. The van der Waals surface area contributed by atoms with Crippen molar-refractivity contribution in [3.05, 3.63) is 29.8 Å². The van der Waals surface area contributed by atoms with Crippen LogP contribution in [-0.4, -0.2) is 60.8 Å². The Kier molecular flexibility index (Phi) is 6.65. The summed E-state index contributed by atoms with van der Waals surface area (Å²) in [6, 6.07) is 9.23. The third-order valence-corrected chi connectivity index (χ3v) is 3.89. The first kappa shape index (κ1) is 19.1. The lowest BCUT2D eigenvalue weighted by Gasteiger charge is -2.35. The van der Waals surface area contributed by atoms with Crippen LogP contribution in [0.1, 0.15) is 32.8 Å². The number of nitriles is 1. The number of ether oxygens (including phenoxy) is 2. The Morgan fingerprint density at radius 3 is 2.36 bits per heavy atom. The lowest BCUT2D eigenvalue weighted by atomic mass is 10.2. The summed E-state index contributed by atoms with van der Waals surface area (Å²) in [4.78, 5) is 16.1. The summed E-state index contributed by atoms with van der Waals surface area (Å²) in [7, 11) is 0. The van der Waals surface area contributed by atoms with Crippen LogP contribution in [0.25, 0.3) is 0 Å². The van der Waals surface area contributed by atoms with Crippen molar-refractivity contribution in [1.29, 1.82) is 5.26 Å². The fraction of sp³-hybridized carbons (Fsp3) is 0.579. The van der Waals surface area contributed by atoms with Crippen LogP contribution in [0.4, 0.5) is 4.79 Å². The van der Waals surface area contributed by atoms with Gasteiger partial charge in [-0.3, -0.25) is 4.90 Å². The molecule has 1 aromatic carbocycles. The van der Waals surface area contributed by atoms with Gasteiger partial charge in [0, 0.05) is 32.7 Å². The summed E-state index contributed by atoms with van der Waals surface area (Å²) >= 11 is 0. The standard InChI is InChI=1S/C19H27N3O3/c1-19(2,3)25-18(23)22-12-10-21(11-13-22)9-4-14-24-17-7-5-16(15-20)6-8-17/h5-8H,4,9-14H2,1-3H3. The lowest BCUT2D eigenvalue weighted by Crippen LogP contribution is -2.50. The maximum absolute atomic E-state index is 12.0. The van der Waals surface area contributed by atoms with Crippen molar-refractivity contribution < 1.29 is 14.3 Å². The summed E-state index contributed by atoms with van der Waals surface area (Å²) < 4.78 is 11.1. The smallest absolute Gasteiger partial charge is 0.410 e. The van der Waals surface area contributed by atoms with Gasteiger partial charge in [0.15, 0.2) is 0 Å². The zero-order valence-corrected chi connectivity index (χ0v) is 15.3. The molecule has 25 heavy (non-hydrogen) atoms. The molecular formula is C19H27N3O3. The van der Waals surface area contributed by atoms with E-state index < -0.39 is 5.60 Å². The van der Waals surface area contributed by atoms with Crippen molar-refractivity contribution >= 4 is 6.09 Å². The van der Waals surface area contributed by atoms with E-state index in [1.54, 1.807) is 17.0 Å². The SMILES string of the molecule is CC(C)(C)OC(=O)N1CCN(CCCOc2ccc(C#N)cc2)CC1. The first-order valence-electron chi connectivity index (χ1n) is 8.70. The molecular weight excluding hydrogens is 318 g/mol. The Morgan fingerprint density at radius 2 is 1.80 bits per heavy atom. The molecule has 0 N–H and O–H groups in total. The molecule has 1 aromatic rings. The number of nitrogens with zero attached hydrogens (tertiary/aromatic N) is 3. The van der Waals surface area contributed by atoms with Crippen molar-refractivity contribution in [3.8, 4) is 11.8 Å². The Labute approximate surface area is 149 Å². The average molecular weight is 345 g/mol. The van der Waals surface area contributed by atoms with Gasteiger partial charge in [0.05, 0.1) is 18.2 Å². The van der Waals surface area contributed by atoms with E-state index in [-0.39, 0.29) is 6.09 Å². The number of piperazine rings is 1. The first-order valence-corrected chi connectivity index (χ1v) is 8.70. The molecule has 1 aliphatic heterocycles. The number of hydrogen-bond donors (Lipinski definition) is 0. The van der Waals surface area contributed by atoms with Crippen molar-refractivity contribution in [2.45, 2.75) is 32.8 Å². The van der Waals surface area contributed by atoms with Crippen LogP contribution in [0.5, 0.6) is 5.75 Å². The van der Waals surface area contributed by atoms with Crippen LogP contribution < -0.4 is 4.74 Å². The van der Waals surface area contributed by atoms with Crippen molar-refractivity contribution in [3.63, 3.8) is 0 Å². The maximum Gasteiger partial charge on any atom is 0.410 e. The van der Waals surface area contributed by atoms with E-state index in [1.807, 2.05) is 32.9 Å². The van der Waals surface area contributed by atoms with Gasteiger partial charge in [-0.2, -0.15) is 5.26 Å². The number of carbonyl (C=O) groups excluding carboxylic acids is 1. The maximum atomic E-state index is 12.0. The zero-order valence-electron chi connectivity index (χ0n) is 15.3. The molecule has 1 aliphatic rings. The van der Waals surface area contributed by atoms with E-state index in [0.29, 0.717) is 25.3 Å². The third kappa shape index (κ3) is 6.63. The minimum absolute atomic E-state index is 0.226. The van der Waals surface area contributed by atoms with Crippen LogP contribution in [0.15, 0.2) is 24.3 Å². The van der Waals surface area contributed by atoms with Gasteiger partial charge in [-0.15, -0.1) is 0 Å². The Balaban J connectivity index is 1.62. The fourth-order valence-corrected chi connectivity index (χ4v) is 2.58. The number of amides is 1. The van der Waals surface area contributed by atoms with E-state index >= 15 is 0 Å². The van der Waals surface area contributed by atoms with Gasteiger partial charge >= 0.3 is 6.09 Å². The molecule has 0 unspecified atom stereocenters. The molecule has 136 valence electrons. The molecule has 0 bridgehead atoms. The molecule has 6 heteroatoms. The highest BCUT2D eigenvalue weighted by molar-refractivity contribution is 5.68. The average Bonchev–Trinajstić information content (AvgIpc) is 2.58. The van der Waals surface area contributed by atoms with Gasteiger partial charge in [-0.1, -0.05) is 0 Å². The summed E-state index contributed by atoms with van der Waals surface area (Å²) in [5, 5.41) is 8.77. The van der Waals surface area contributed by atoms with Crippen LogP contribution in [0.3, 0.4) is 0 Å². The quantitative estimate of drug-likeness (QED) is 0.768. The Bertz CT molecular complexity index is 594. The predicted molar refractivity (Wildman–Crippen MR) is 95.5 cm³/mol. The summed E-state index contributed by atoms with van der Waals surface area (Å²) in [6.45, 7) is 10.3. The van der Waals surface area contributed by atoms with Crippen molar-refractivity contribution in [2.75, 3.05) is 39.3 Å². The third-order valence-electron chi connectivity index (χ3n) is 3.89. The highest BCUT2D eigenvalue weighted by atomic mass is 16.6. The largest absolute Gasteiger partial charge is 0.494 e. The summed E-state index contributed by atoms with van der Waals surface area (Å²) in [5.41, 5.74) is 0.187. The fourth-order valence-electron chi connectivity index (χ4n) is 2.58. The zero-order chi connectivity index (χ0) is 18.3. The molecule has 1 saturated heterocycles. The minimum atomic E-state index is -0.447.